The van der Waals surface area contributed by atoms with Crippen LogP contribution in [-0.2, 0) is 6.42 Å². The van der Waals surface area contributed by atoms with Crippen molar-refractivity contribution >= 4 is 18.3 Å². The van der Waals surface area contributed by atoms with Gasteiger partial charge in [-0.15, -0.1) is 12.4 Å². The van der Waals surface area contributed by atoms with Crippen LogP contribution in [0.2, 0.25) is 0 Å². The molecule has 21 heavy (non-hydrogen) atoms. The summed E-state index contributed by atoms with van der Waals surface area (Å²) in [5, 5.41) is 2.77. The molecule has 4 nitrogen and oxygen atoms in total. The van der Waals surface area contributed by atoms with Crippen molar-refractivity contribution in [3.05, 3.63) is 59.7 Å². The van der Waals surface area contributed by atoms with E-state index in [9.17, 15) is 9.18 Å². The second kappa shape index (κ2) is 8.21. The molecule has 2 rings (SSSR count). The zero-order valence-corrected chi connectivity index (χ0v) is 12.3. The van der Waals surface area contributed by atoms with Crippen LogP contribution in [0.4, 0.5) is 4.39 Å². The Kier molecular flexibility index (Phi) is 6.62. The van der Waals surface area contributed by atoms with Gasteiger partial charge in [0, 0.05) is 24.5 Å². The van der Waals surface area contributed by atoms with Gasteiger partial charge in [0.1, 0.15) is 11.6 Å². The second-order valence-electron chi connectivity index (χ2n) is 4.20. The number of halogens is 2. The molecule has 0 aliphatic carbocycles. The van der Waals surface area contributed by atoms with Crippen LogP contribution in [0.3, 0.4) is 0 Å². The Morgan fingerprint density at radius 2 is 2.00 bits per heavy atom. The Bertz CT molecular complexity index is 593. The molecule has 0 saturated heterocycles. The summed E-state index contributed by atoms with van der Waals surface area (Å²) < 4.78 is 18.3. The largest absolute Gasteiger partial charge is 0.496 e. The lowest BCUT2D eigenvalue weighted by atomic mass is 10.1. The van der Waals surface area contributed by atoms with E-state index in [2.05, 4.69) is 10.3 Å². The maximum Gasteiger partial charge on any atom is 0.251 e. The van der Waals surface area contributed by atoms with Gasteiger partial charge in [0.05, 0.1) is 7.11 Å². The van der Waals surface area contributed by atoms with Crippen molar-refractivity contribution in [3.63, 3.8) is 0 Å². The fourth-order valence-electron chi connectivity index (χ4n) is 1.86. The Hall–Kier alpha value is -2.14. The summed E-state index contributed by atoms with van der Waals surface area (Å²) in [5.41, 5.74) is 1.27. The van der Waals surface area contributed by atoms with Crippen LogP contribution in [0.25, 0.3) is 0 Å². The molecule has 0 fully saturated rings. The first-order valence-corrected chi connectivity index (χ1v) is 6.21. The summed E-state index contributed by atoms with van der Waals surface area (Å²) in [6.45, 7) is 0.404. The van der Waals surface area contributed by atoms with Crippen molar-refractivity contribution < 1.29 is 13.9 Å². The van der Waals surface area contributed by atoms with Crippen LogP contribution in [-0.4, -0.2) is 24.5 Å². The zero-order valence-electron chi connectivity index (χ0n) is 11.5. The molecule has 1 heterocycles. The molecule has 0 bridgehead atoms. The smallest absolute Gasteiger partial charge is 0.251 e. The highest BCUT2D eigenvalue weighted by molar-refractivity contribution is 5.93. The van der Waals surface area contributed by atoms with Crippen LogP contribution in [0.15, 0.2) is 42.7 Å². The number of carbonyl (C=O) groups is 1. The molecule has 0 spiro atoms. The number of carbonyl (C=O) groups excluding carboxylic acids is 1. The summed E-state index contributed by atoms with van der Waals surface area (Å²) in [7, 11) is 1.53. The lowest BCUT2D eigenvalue weighted by Crippen LogP contribution is -2.25. The minimum absolute atomic E-state index is 0. The number of hydrogen-bond donors (Lipinski definition) is 1. The van der Waals surface area contributed by atoms with E-state index in [-0.39, 0.29) is 24.1 Å². The third-order valence-electron chi connectivity index (χ3n) is 2.86. The molecule has 1 N–H and O–H groups in total. The van der Waals surface area contributed by atoms with E-state index in [1.54, 1.807) is 30.6 Å². The molecule has 1 amide bonds. The average Bonchev–Trinajstić information content (AvgIpc) is 2.48. The van der Waals surface area contributed by atoms with Gasteiger partial charge in [-0.1, -0.05) is 0 Å². The van der Waals surface area contributed by atoms with Gasteiger partial charge < -0.3 is 10.1 Å². The quantitative estimate of drug-likeness (QED) is 0.923. The molecule has 0 atom stereocenters. The summed E-state index contributed by atoms with van der Waals surface area (Å²) in [4.78, 5) is 15.7. The lowest BCUT2D eigenvalue weighted by Gasteiger charge is -2.09. The molecule has 0 aliphatic rings. The fourth-order valence-corrected chi connectivity index (χ4v) is 1.86. The first-order valence-electron chi connectivity index (χ1n) is 6.21. The molecule has 112 valence electrons. The maximum absolute atomic E-state index is 13.2. The summed E-state index contributed by atoms with van der Waals surface area (Å²) >= 11 is 0. The number of amides is 1. The van der Waals surface area contributed by atoms with E-state index in [1.807, 2.05) is 0 Å². The number of aromatic nitrogens is 1. The summed E-state index contributed by atoms with van der Waals surface area (Å²) in [6, 6.07) is 7.61. The van der Waals surface area contributed by atoms with Crippen molar-refractivity contribution in [2.75, 3.05) is 13.7 Å². The van der Waals surface area contributed by atoms with E-state index >= 15 is 0 Å². The standard InChI is InChI=1S/C15H15FN2O2.ClH/c1-20-14-3-2-13(16)10-12(14)6-9-18-15(19)11-4-7-17-8-5-11;/h2-5,7-8,10H,6,9H2,1H3,(H,18,19);1H. The Morgan fingerprint density at radius 1 is 1.29 bits per heavy atom. The van der Waals surface area contributed by atoms with Crippen molar-refractivity contribution in [2.24, 2.45) is 0 Å². The number of nitrogens with one attached hydrogen (secondary N) is 1. The summed E-state index contributed by atoms with van der Waals surface area (Å²) in [5.74, 6) is 0.119. The Labute approximate surface area is 128 Å². The van der Waals surface area contributed by atoms with Gasteiger partial charge in [0.2, 0.25) is 0 Å². The van der Waals surface area contributed by atoms with Crippen LogP contribution < -0.4 is 10.1 Å². The molecular formula is C15H16ClFN2O2. The molecule has 2 aromatic rings. The monoisotopic (exact) mass is 310 g/mol. The number of benzene rings is 1. The van der Waals surface area contributed by atoms with E-state index in [0.29, 0.717) is 24.3 Å². The predicted molar refractivity (Wildman–Crippen MR) is 80.5 cm³/mol. The number of pyridine rings is 1. The molecule has 0 unspecified atom stereocenters. The number of hydrogen-bond acceptors (Lipinski definition) is 3. The number of nitrogens with zero attached hydrogens (tertiary/aromatic N) is 1. The predicted octanol–water partition coefficient (Wildman–Crippen LogP) is 2.62. The highest BCUT2D eigenvalue weighted by Gasteiger charge is 2.07. The van der Waals surface area contributed by atoms with Gasteiger partial charge in [0.15, 0.2) is 0 Å². The maximum atomic E-state index is 13.2. The van der Waals surface area contributed by atoms with E-state index in [0.717, 1.165) is 5.56 Å². The van der Waals surface area contributed by atoms with Crippen LogP contribution >= 0.6 is 12.4 Å². The highest BCUT2D eigenvalue weighted by atomic mass is 35.5. The normalized spacial score (nSPS) is 9.62. The van der Waals surface area contributed by atoms with Gasteiger partial charge in [-0.2, -0.15) is 0 Å². The molecule has 1 aromatic heterocycles. The molecular weight excluding hydrogens is 295 g/mol. The lowest BCUT2D eigenvalue weighted by molar-refractivity contribution is 0.0954. The van der Waals surface area contributed by atoms with E-state index < -0.39 is 0 Å². The molecule has 0 radical (unpaired) electrons. The minimum atomic E-state index is -0.318. The average molecular weight is 311 g/mol. The third-order valence-corrected chi connectivity index (χ3v) is 2.86. The number of rotatable bonds is 5. The van der Waals surface area contributed by atoms with Crippen LogP contribution in [0.5, 0.6) is 5.75 Å². The van der Waals surface area contributed by atoms with Crippen molar-refractivity contribution in [1.29, 1.82) is 0 Å². The molecule has 6 heteroatoms. The Balaban J connectivity index is 0.00000220. The van der Waals surface area contributed by atoms with Gasteiger partial charge >= 0.3 is 0 Å². The van der Waals surface area contributed by atoms with E-state index in [4.69, 9.17) is 4.74 Å². The van der Waals surface area contributed by atoms with E-state index in [1.165, 1.54) is 19.2 Å². The van der Waals surface area contributed by atoms with Gasteiger partial charge in [-0.05, 0) is 42.3 Å². The van der Waals surface area contributed by atoms with Crippen molar-refractivity contribution in [3.8, 4) is 5.75 Å². The molecule has 0 aliphatic heterocycles. The SMILES string of the molecule is COc1ccc(F)cc1CCNC(=O)c1ccncc1.Cl. The minimum Gasteiger partial charge on any atom is -0.496 e. The highest BCUT2D eigenvalue weighted by Crippen LogP contribution is 2.19. The first-order chi connectivity index (χ1) is 9.70. The van der Waals surface area contributed by atoms with Crippen molar-refractivity contribution in [2.45, 2.75) is 6.42 Å². The summed E-state index contributed by atoms with van der Waals surface area (Å²) in [6.07, 6.45) is 3.62. The number of ether oxygens (including phenoxy) is 1. The van der Waals surface area contributed by atoms with Gasteiger partial charge in [0.25, 0.3) is 5.91 Å². The first kappa shape index (κ1) is 16.9. The molecule has 1 aromatic carbocycles. The van der Waals surface area contributed by atoms with Gasteiger partial charge in [-0.25, -0.2) is 4.39 Å². The second-order valence-corrected chi connectivity index (χ2v) is 4.20. The van der Waals surface area contributed by atoms with Crippen LogP contribution in [0, 0.1) is 5.82 Å². The molecule has 0 saturated carbocycles. The van der Waals surface area contributed by atoms with Crippen molar-refractivity contribution in [1.82, 2.24) is 10.3 Å². The fraction of sp³-hybridized carbons (Fsp3) is 0.200. The zero-order chi connectivity index (χ0) is 14.4. The van der Waals surface area contributed by atoms with Gasteiger partial charge in [-0.3, -0.25) is 9.78 Å². The van der Waals surface area contributed by atoms with Crippen LogP contribution in [0.1, 0.15) is 15.9 Å². The topological polar surface area (TPSA) is 51.2 Å². The number of methoxy groups -OCH3 is 1. The Morgan fingerprint density at radius 3 is 2.67 bits per heavy atom. The third kappa shape index (κ3) is 4.72.